The molecule has 4 nitrogen and oxygen atoms in total. The van der Waals surface area contributed by atoms with E-state index in [0.29, 0.717) is 5.56 Å². The molecule has 0 fully saturated rings. The molecule has 8 aromatic rings. The van der Waals surface area contributed by atoms with E-state index in [1.54, 1.807) is 0 Å². The number of para-hydroxylation sites is 1. The van der Waals surface area contributed by atoms with Crippen LogP contribution < -0.4 is 0 Å². The molecule has 204 valence electrons. The second-order valence-corrected chi connectivity index (χ2v) is 10.7. The lowest BCUT2D eigenvalue weighted by Crippen LogP contribution is -2.00. The highest BCUT2D eigenvalue weighted by Crippen LogP contribution is 2.44. The Hall–Kier alpha value is -6.18. The van der Waals surface area contributed by atoms with Gasteiger partial charge >= 0.3 is 0 Å². The molecule has 0 amide bonds. The minimum absolute atomic E-state index is 0.562. The predicted molar refractivity (Wildman–Crippen MR) is 179 cm³/mol. The highest BCUT2D eigenvalue weighted by atomic mass is 14.8. The Morgan fingerprint density at radius 2 is 0.977 bits per heavy atom. The fourth-order valence-electron chi connectivity index (χ4n) is 6.09. The van der Waals surface area contributed by atoms with Gasteiger partial charge in [0, 0.05) is 32.8 Å². The molecule has 0 aliphatic carbocycles. The summed E-state index contributed by atoms with van der Waals surface area (Å²) in [7, 11) is 0. The third-order valence-electron chi connectivity index (χ3n) is 8.08. The van der Waals surface area contributed by atoms with Crippen LogP contribution in [-0.2, 0) is 0 Å². The fraction of sp³-hybridized carbons (Fsp3) is 0. The summed E-state index contributed by atoms with van der Waals surface area (Å²) in [6.07, 6.45) is 0. The number of nitrogens with zero attached hydrogens (tertiary/aromatic N) is 4. The SMILES string of the molecule is N#Cc1ccccc1-c1nc2ccccc2c2c(-c3ccccc3)cc3nc(-c4ccccc4)c(-c4ccccc4)nc3c12. The maximum Gasteiger partial charge on any atom is 0.0998 e. The zero-order valence-electron chi connectivity index (χ0n) is 23.6. The van der Waals surface area contributed by atoms with Crippen LogP contribution in [0.2, 0.25) is 0 Å². The molecule has 0 spiro atoms. The van der Waals surface area contributed by atoms with Crippen molar-refractivity contribution in [2.45, 2.75) is 0 Å². The molecule has 0 unspecified atom stereocenters. The Morgan fingerprint density at radius 3 is 1.66 bits per heavy atom. The summed E-state index contributed by atoms with van der Waals surface area (Å²) in [5.74, 6) is 0. The zero-order chi connectivity index (χ0) is 29.5. The summed E-state index contributed by atoms with van der Waals surface area (Å²) in [5.41, 5.74) is 10.1. The molecule has 4 heteroatoms. The van der Waals surface area contributed by atoms with Crippen molar-refractivity contribution in [3.63, 3.8) is 0 Å². The lowest BCUT2D eigenvalue weighted by molar-refractivity contribution is 1.30. The summed E-state index contributed by atoms with van der Waals surface area (Å²) in [6, 6.07) is 51.2. The number of hydrogen-bond acceptors (Lipinski definition) is 4. The maximum atomic E-state index is 10.2. The molecular formula is C40H24N4. The molecule has 2 aromatic heterocycles. The predicted octanol–water partition coefficient (Wildman–Crippen LogP) is 9.87. The van der Waals surface area contributed by atoms with Crippen LogP contribution in [0.1, 0.15) is 5.56 Å². The van der Waals surface area contributed by atoms with Crippen molar-refractivity contribution in [1.29, 1.82) is 5.26 Å². The van der Waals surface area contributed by atoms with E-state index in [-0.39, 0.29) is 0 Å². The van der Waals surface area contributed by atoms with Crippen LogP contribution in [0.4, 0.5) is 0 Å². The second kappa shape index (κ2) is 10.6. The molecule has 0 saturated heterocycles. The number of fused-ring (bicyclic) bond motifs is 5. The quantitative estimate of drug-likeness (QED) is 0.201. The van der Waals surface area contributed by atoms with Gasteiger partial charge in [-0.2, -0.15) is 5.26 Å². The first-order valence-electron chi connectivity index (χ1n) is 14.5. The standard InChI is InChI=1S/C40H24N4/c41-25-29-20-10-11-21-30(29)39-36-35(31-22-12-13-23-33(31)42-39)32(26-14-4-1-5-15-26)24-34-40(36)44-38(28-18-8-3-9-19-28)37(43-34)27-16-6-2-7-17-27/h1-24H. The molecule has 2 heterocycles. The van der Waals surface area contributed by atoms with E-state index in [4.69, 9.17) is 15.0 Å². The van der Waals surface area contributed by atoms with E-state index in [1.807, 2.05) is 84.9 Å². The number of nitriles is 1. The van der Waals surface area contributed by atoms with Crippen LogP contribution >= 0.6 is 0 Å². The summed E-state index contributed by atoms with van der Waals surface area (Å²) < 4.78 is 0. The fourth-order valence-corrected chi connectivity index (χ4v) is 6.09. The first-order chi connectivity index (χ1) is 21.8. The minimum atomic E-state index is 0.562. The van der Waals surface area contributed by atoms with E-state index in [9.17, 15) is 5.26 Å². The number of benzene rings is 6. The molecule has 0 aliphatic rings. The van der Waals surface area contributed by atoms with Crippen molar-refractivity contribution in [2.24, 2.45) is 0 Å². The zero-order valence-corrected chi connectivity index (χ0v) is 23.6. The minimum Gasteiger partial charge on any atom is -0.247 e. The van der Waals surface area contributed by atoms with E-state index in [0.717, 1.165) is 77.6 Å². The third-order valence-corrected chi connectivity index (χ3v) is 8.08. The summed E-state index contributed by atoms with van der Waals surface area (Å²) in [5, 5.41) is 13.1. The molecule has 0 N–H and O–H groups in total. The number of aromatic nitrogens is 3. The smallest absolute Gasteiger partial charge is 0.0998 e. The molecule has 0 radical (unpaired) electrons. The van der Waals surface area contributed by atoms with Crippen LogP contribution in [0.15, 0.2) is 146 Å². The van der Waals surface area contributed by atoms with Gasteiger partial charge in [-0.25, -0.2) is 15.0 Å². The lowest BCUT2D eigenvalue weighted by Gasteiger charge is -2.18. The number of pyridine rings is 1. The van der Waals surface area contributed by atoms with E-state index in [2.05, 4.69) is 66.7 Å². The highest BCUT2D eigenvalue weighted by Gasteiger charge is 2.23. The maximum absolute atomic E-state index is 10.2. The van der Waals surface area contributed by atoms with Crippen LogP contribution in [0.25, 0.3) is 77.6 Å². The van der Waals surface area contributed by atoms with E-state index < -0.39 is 0 Å². The molecule has 44 heavy (non-hydrogen) atoms. The van der Waals surface area contributed by atoms with E-state index in [1.165, 1.54) is 0 Å². The molecule has 6 aromatic carbocycles. The van der Waals surface area contributed by atoms with Crippen LogP contribution in [0.3, 0.4) is 0 Å². The topological polar surface area (TPSA) is 62.5 Å². The van der Waals surface area contributed by atoms with Crippen molar-refractivity contribution in [2.75, 3.05) is 0 Å². The van der Waals surface area contributed by atoms with Gasteiger partial charge in [0.25, 0.3) is 0 Å². The van der Waals surface area contributed by atoms with Gasteiger partial charge in [0.15, 0.2) is 0 Å². The Morgan fingerprint density at radius 1 is 0.432 bits per heavy atom. The molecule has 0 aliphatic heterocycles. The van der Waals surface area contributed by atoms with Gasteiger partial charge in [0.05, 0.1) is 45.3 Å². The third kappa shape index (κ3) is 4.19. The van der Waals surface area contributed by atoms with Gasteiger partial charge in [0.2, 0.25) is 0 Å². The molecule has 0 atom stereocenters. The number of rotatable bonds is 4. The van der Waals surface area contributed by atoms with Gasteiger partial charge in [0.1, 0.15) is 0 Å². The average molecular weight is 561 g/mol. The van der Waals surface area contributed by atoms with Crippen molar-refractivity contribution in [1.82, 2.24) is 15.0 Å². The Kier molecular flexibility index (Phi) is 6.14. The Bertz CT molecular complexity index is 2380. The molecule has 8 rings (SSSR count). The second-order valence-electron chi connectivity index (χ2n) is 10.7. The van der Waals surface area contributed by atoms with Crippen molar-refractivity contribution in [3.8, 4) is 51.0 Å². The van der Waals surface area contributed by atoms with Crippen LogP contribution in [-0.4, -0.2) is 15.0 Å². The first-order valence-corrected chi connectivity index (χ1v) is 14.5. The molecular weight excluding hydrogens is 536 g/mol. The highest BCUT2D eigenvalue weighted by molar-refractivity contribution is 6.25. The van der Waals surface area contributed by atoms with E-state index >= 15 is 0 Å². The monoisotopic (exact) mass is 560 g/mol. The van der Waals surface area contributed by atoms with Gasteiger partial charge in [-0.05, 0) is 29.3 Å². The molecule has 0 bridgehead atoms. The summed E-state index contributed by atoms with van der Waals surface area (Å²) >= 11 is 0. The Labute approximate surface area is 254 Å². The average Bonchev–Trinajstić information content (AvgIpc) is 3.11. The van der Waals surface area contributed by atoms with Crippen molar-refractivity contribution in [3.05, 3.63) is 151 Å². The lowest BCUT2D eigenvalue weighted by atomic mass is 9.90. The van der Waals surface area contributed by atoms with Crippen LogP contribution in [0.5, 0.6) is 0 Å². The van der Waals surface area contributed by atoms with Gasteiger partial charge in [-0.1, -0.05) is 127 Å². The largest absolute Gasteiger partial charge is 0.247 e. The Balaban J connectivity index is 1.63. The molecule has 0 saturated carbocycles. The van der Waals surface area contributed by atoms with Crippen LogP contribution in [0, 0.1) is 11.3 Å². The summed E-state index contributed by atoms with van der Waals surface area (Å²) in [4.78, 5) is 16.0. The summed E-state index contributed by atoms with van der Waals surface area (Å²) in [6.45, 7) is 0. The number of hydrogen-bond donors (Lipinski definition) is 0. The first kappa shape index (κ1) is 25.5. The van der Waals surface area contributed by atoms with Gasteiger partial charge < -0.3 is 0 Å². The van der Waals surface area contributed by atoms with Crippen molar-refractivity contribution >= 4 is 32.7 Å². The van der Waals surface area contributed by atoms with Gasteiger partial charge in [-0.3, -0.25) is 0 Å². The van der Waals surface area contributed by atoms with Crippen molar-refractivity contribution < 1.29 is 0 Å². The normalized spacial score (nSPS) is 11.2. The van der Waals surface area contributed by atoms with Gasteiger partial charge in [-0.15, -0.1) is 0 Å².